The van der Waals surface area contributed by atoms with Gasteiger partial charge in [-0.25, -0.2) is 9.18 Å². The van der Waals surface area contributed by atoms with E-state index in [-0.39, 0.29) is 13.0 Å². The molecule has 27 heavy (non-hydrogen) atoms. The first-order valence-electron chi connectivity index (χ1n) is 8.39. The van der Waals surface area contributed by atoms with Crippen LogP contribution in [0, 0.1) is 5.82 Å². The van der Waals surface area contributed by atoms with Crippen LogP contribution in [0.5, 0.6) is 0 Å². The zero-order chi connectivity index (χ0) is 19.2. The van der Waals surface area contributed by atoms with Gasteiger partial charge in [-0.15, -0.1) is 0 Å². The first-order chi connectivity index (χ1) is 13.1. The van der Waals surface area contributed by atoms with Crippen LogP contribution in [-0.2, 0) is 6.42 Å². The molecule has 2 amide bonds. The molecule has 0 aliphatic rings. The fraction of sp³-hybridized carbons (Fsp3) is 0.0952. The number of halogens is 2. The molecule has 0 atom stereocenters. The maximum atomic E-state index is 13.4. The maximum absolute atomic E-state index is 13.4. The van der Waals surface area contributed by atoms with Crippen LogP contribution in [0.15, 0.2) is 66.7 Å². The fourth-order valence-electron chi connectivity index (χ4n) is 2.76. The molecule has 0 saturated carbocycles. The smallest absolute Gasteiger partial charge is 0.323 e. The molecule has 0 heterocycles. The molecule has 0 spiro atoms. The second-order valence-electron chi connectivity index (χ2n) is 5.91. The fourth-order valence-corrected chi connectivity index (χ4v) is 3.00. The van der Waals surface area contributed by atoms with Crippen LogP contribution in [0.2, 0.25) is 5.02 Å². The molecule has 3 N–H and O–H groups in total. The van der Waals surface area contributed by atoms with Crippen LogP contribution in [-0.4, -0.2) is 17.7 Å². The van der Waals surface area contributed by atoms with E-state index in [9.17, 15) is 9.18 Å². The lowest BCUT2D eigenvalue weighted by molar-refractivity contribution is 0.262. The van der Waals surface area contributed by atoms with Crippen molar-refractivity contribution in [2.45, 2.75) is 6.42 Å². The minimum atomic E-state index is -0.461. The van der Waals surface area contributed by atoms with Crippen LogP contribution >= 0.6 is 11.6 Å². The van der Waals surface area contributed by atoms with Gasteiger partial charge in [0.25, 0.3) is 0 Å². The molecule has 0 radical (unpaired) electrons. The van der Waals surface area contributed by atoms with E-state index in [0.717, 1.165) is 11.1 Å². The molecule has 138 valence electrons. The van der Waals surface area contributed by atoms with Crippen LogP contribution < -0.4 is 10.6 Å². The van der Waals surface area contributed by atoms with Gasteiger partial charge in [0.05, 0.1) is 0 Å². The zero-order valence-electron chi connectivity index (χ0n) is 14.4. The highest BCUT2D eigenvalue weighted by Crippen LogP contribution is 2.29. The normalized spacial score (nSPS) is 10.5. The molecule has 6 heteroatoms. The molecule has 4 nitrogen and oxygen atoms in total. The number of urea groups is 1. The molecule has 0 aliphatic heterocycles. The second kappa shape index (κ2) is 8.66. The van der Waals surface area contributed by atoms with Crippen molar-refractivity contribution in [2.24, 2.45) is 0 Å². The summed E-state index contributed by atoms with van der Waals surface area (Å²) in [7, 11) is 0. The maximum Gasteiger partial charge on any atom is 0.323 e. The summed E-state index contributed by atoms with van der Waals surface area (Å²) in [6, 6.07) is 18.3. The van der Waals surface area contributed by atoms with Crippen molar-refractivity contribution in [3.8, 4) is 11.1 Å². The molecule has 3 rings (SSSR count). The minimum Gasteiger partial charge on any atom is -0.396 e. The Morgan fingerprint density at radius 1 is 1.00 bits per heavy atom. The van der Waals surface area contributed by atoms with Crippen LogP contribution in [0.1, 0.15) is 5.56 Å². The lowest BCUT2D eigenvalue weighted by Crippen LogP contribution is -2.20. The predicted octanol–water partition coefficient (Wildman–Crippen LogP) is 5.32. The van der Waals surface area contributed by atoms with Crippen molar-refractivity contribution >= 4 is 29.0 Å². The van der Waals surface area contributed by atoms with Gasteiger partial charge < -0.3 is 15.7 Å². The number of carbonyl (C=O) groups is 1. The number of rotatable bonds is 5. The predicted molar refractivity (Wildman–Crippen MR) is 107 cm³/mol. The number of carbonyl (C=O) groups excluding carboxylic acids is 1. The topological polar surface area (TPSA) is 61.4 Å². The van der Waals surface area contributed by atoms with Gasteiger partial charge >= 0.3 is 6.03 Å². The summed E-state index contributed by atoms with van der Waals surface area (Å²) in [5, 5.41) is 15.2. The Morgan fingerprint density at radius 2 is 1.81 bits per heavy atom. The van der Waals surface area contributed by atoms with Crippen molar-refractivity contribution in [3.63, 3.8) is 0 Å². The first kappa shape index (κ1) is 18.9. The average Bonchev–Trinajstić information content (AvgIpc) is 2.65. The monoisotopic (exact) mass is 384 g/mol. The van der Waals surface area contributed by atoms with Gasteiger partial charge in [-0.05, 0) is 53.9 Å². The van der Waals surface area contributed by atoms with Crippen molar-refractivity contribution in [1.82, 2.24) is 0 Å². The van der Waals surface area contributed by atoms with E-state index in [4.69, 9.17) is 16.7 Å². The van der Waals surface area contributed by atoms with Gasteiger partial charge in [0.1, 0.15) is 5.82 Å². The lowest BCUT2D eigenvalue weighted by atomic mass is 10.1. The van der Waals surface area contributed by atoms with Gasteiger partial charge in [0.15, 0.2) is 0 Å². The Balaban J connectivity index is 1.76. The van der Waals surface area contributed by atoms with E-state index in [0.29, 0.717) is 22.0 Å². The Bertz CT molecular complexity index is 962. The molecule has 0 aliphatic carbocycles. The number of hydrogen-bond donors (Lipinski definition) is 3. The van der Waals surface area contributed by atoms with Gasteiger partial charge in [-0.3, -0.25) is 0 Å². The molecule has 0 bridgehead atoms. The van der Waals surface area contributed by atoms with Gasteiger partial charge in [0, 0.05) is 28.6 Å². The standard InChI is InChI=1S/C21H18ClFN2O2/c22-19-7-2-1-6-18(19)14-4-3-5-17(13-14)24-21(27)25-20-9-8-16(23)12-15(20)10-11-26/h1-9,12-13,26H,10-11H2,(H2,24,25,27). The largest absolute Gasteiger partial charge is 0.396 e. The average molecular weight is 385 g/mol. The highest BCUT2D eigenvalue weighted by Gasteiger charge is 2.09. The number of benzene rings is 3. The van der Waals surface area contributed by atoms with Crippen molar-refractivity contribution < 1.29 is 14.3 Å². The molecule has 0 saturated heterocycles. The minimum absolute atomic E-state index is 0.139. The Kier molecular flexibility index (Phi) is 6.06. The highest BCUT2D eigenvalue weighted by molar-refractivity contribution is 6.33. The third-order valence-electron chi connectivity index (χ3n) is 4.00. The lowest BCUT2D eigenvalue weighted by Gasteiger charge is -2.12. The molecule has 3 aromatic rings. The SMILES string of the molecule is O=C(Nc1cccc(-c2ccccc2Cl)c1)Nc1ccc(F)cc1CCO. The number of aliphatic hydroxyl groups is 1. The Labute approximate surface area is 161 Å². The van der Waals surface area contributed by atoms with E-state index in [2.05, 4.69) is 10.6 Å². The molecular weight excluding hydrogens is 367 g/mol. The third-order valence-corrected chi connectivity index (χ3v) is 4.33. The van der Waals surface area contributed by atoms with E-state index < -0.39 is 11.8 Å². The first-order valence-corrected chi connectivity index (χ1v) is 8.77. The Hall–Kier alpha value is -2.89. The molecule has 0 aromatic heterocycles. The van der Waals surface area contributed by atoms with E-state index in [1.807, 2.05) is 36.4 Å². The molecule has 0 fully saturated rings. The molecular formula is C21H18ClFN2O2. The van der Waals surface area contributed by atoms with Gasteiger partial charge in [-0.1, -0.05) is 41.9 Å². The van der Waals surface area contributed by atoms with Gasteiger partial charge in [0.2, 0.25) is 0 Å². The van der Waals surface area contributed by atoms with Crippen molar-refractivity contribution in [1.29, 1.82) is 0 Å². The summed E-state index contributed by atoms with van der Waals surface area (Å²) >= 11 is 6.23. The summed E-state index contributed by atoms with van der Waals surface area (Å²) < 4.78 is 13.4. The number of nitrogens with one attached hydrogen (secondary N) is 2. The molecule has 0 unspecified atom stereocenters. The summed E-state index contributed by atoms with van der Waals surface area (Å²) in [5.74, 6) is -0.420. The summed E-state index contributed by atoms with van der Waals surface area (Å²) in [6.45, 7) is -0.139. The van der Waals surface area contributed by atoms with Crippen molar-refractivity contribution in [2.75, 3.05) is 17.2 Å². The second-order valence-corrected chi connectivity index (χ2v) is 6.32. The zero-order valence-corrected chi connectivity index (χ0v) is 15.1. The number of hydrogen-bond acceptors (Lipinski definition) is 2. The van der Waals surface area contributed by atoms with Crippen LogP contribution in [0.4, 0.5) is 20.6 Å². The highest BCUT2D eigenvalue weighted by atomic mass is 35.5. The van der Waals surface area contributed by atoms with Gasteiger partial charge in [-0.2, -0.15) is 0 Å². The van der Waals surface area contributed by atoms with Crippen LogP contribution in [0.25, 0.3) is 11.1 Å². The third kappa shape index (κ3) is 4.84. The quantitative estimate of drug-likeness (QED) is 0.557. The number of anilines is 2. The number of aliphatic hydroxyl groups excluding tert-OH is 1. The summed E-state index contributed by atoms with van der Waals surface area (Å²) in [5.41, 5.74) is 3.31. The van der Waals surface area contributed by atoms with Crippen molar-refractivity contribution in [3.05, 3.63) is 83.1 Å². The van der Waals surface area contributed by atoms with E-state index >= 15 is 0 Å². The number of amides is 2. The van der Waals surface area contributed by atoms with E-state index in [1.54, 1.807) is 12.1 Å². The van der Waals surface area contributed by atoms with E-state index in [1.165, 1.54) is 18.2 Å². The molecule has 3 aromatic carbocycles. The van der Waals surface area contributed by atoms with Crippen LogP contribution in [0.3, 0.4) is 0 Å². The summed E-state index contributed by atoms with van der Waals surface area (Å²) in [4.78, 5) is 12.3. The Morgan fingerprint density at radius 3 is 2.59 bits per heavy atom. The summed E-state index contributed by atoms with van der Waals surface area (Å²) in [6.07, 6.45) is 0.245.